The molecular weight excluding hydrogens is 390 g/mol. The normalized spacial score (nSPS) is 24.7. The largest absolute Gasteiger partial charge is 0.547 e. The molecule has 4 nitrogen and oxygen atoms in total. The molecule has 4 rings (SSSR count). The molecule has 0 saturated heterocycles. The summed E-state index contributed by atoms with van der Waals surface area (Å²) >= 11 is 0. The third kappa shape index (κ3) is 3.39. The SMILES string of the molecule is Cn1cc([C@H]2C=C(O[Si](C)(C)C(C)(C)C)C[C@H]3C(=O)C=CC(=O)[C@@H]23)c2ccccc21. The number of nitrogens with zero attached hydrogens (tertiary/aromatic N) is 1. The van der Waals surface area contributed by atoms with Crippen LogP contribution in [0.15, 0.2) is 54.4 Å². The van der Waals surface area contributed by atoms with Crippen LogP contribution in [0.4, 0.5) is 0 Å². The molecule has 1 heterocycles. The van der Waals surface area contributed by atoms with E-state index in [1.807, 2.05) is 19.2 Å². The van der Waals surface area contributed by atoms with Crippen LogP contribution in [-0.4, -0.2) is 24.5 Å². The second kappa shape index (κ2) is 7.08. The molecule has 0 radical (unpaired) electrons. The molecule has 5 heteroatoms. The topological polar surface area (TPSA) is 48.3 Å². The highest BCUT2D eigenvalue weighted by atomic mass is 28.4. The van der Waals surface area contributed by atoms with Crippen LogP contribution in [0.3, 0.4) is 0 Å². The van der Waals surface area contributed by atoms with E-state index in [2.05, 4.69) is 62.8 Å². The highest BCUT2D eigenvalue weighted by Crippen LogP contribution is 2.47. The molecule has 1 aromatic carbocycles. The van der Waals surface area contributed by atoms with Crippen LogP contribution in [0.25, 0.3) is 10.9 Å². The molecule has 30 heavy (non-hydrogen) atoms. The average molecular weight is 422 g/mol. The Bertz CT molecular complexity index is 1080. The minimum Gasteiger partial charge on any atom is -0.547 e. The molecule has 0 amide bonds. The van der Waals surface area contributed by atoms with Gasteiger partial charge in [-0.1, -0.05) is 39.0 Å². The van der Waals surface area contributed by atoms with Gasteiger partial charge in [-0.3, -0.25) is 9.59 Å². The van der Waals surface area contributed by atoms with Crippen molar-refractivity contribution in [2.75, 3.05) is 0 Å². The highest BCUT2D eigenvalue weighted by molar-refractivity contribution is 6.74. The van der Waals surface area contributed by atoms with Crippen molar-refractivity contribution in [2.24, 2.45) is 18.9 Å². The maximum atomic E-state index is 12.9. The van der Waals surface area contributed by atoms with Gasteiger partial charge in [0, 0.05) is 48.3 Å². The first-order valence-corrected chi connectivity index (χ1v) is 13.6. The van der Waals surface area contributed by atoms with Gasteiger partial charge in [0.15, 0.2) is 11.6 Å². The first-order valence-electron chi connectivity index (χ1n) is 10.7. The Morgan fingerprint density at radius 2 is 1.73 bits per heavy atom. The van der Waals surface area contributed by atoms with Gasteiger partial charge in [-0.2, -0.15) is 0 Å². The summed E-state index contributed by atoms with van der Waals surface area (Å²) in [5.74, 6) is 0.0685. The first kappa shape index (κ1) is 20.9. The van der Waals surface area contributed by atoms with Crippen molar-refractivity contribution in [1.82, 2.24) is 4.57 Å². The zero-order valence-electron chi connectivity index (χ0n) is 18.7. The minimum absolute atomic E-state index is 0.0364. The number of aryl methyl sites for hydroxylation is 1. The van der Waals surface area contributed by atoms with Crippen molar-refractivity contribution in [3.05, 3.63) is 60.0 Å². The van der Waals surface area contributed by atoms with Crippen LogP contribution in [0.1, 0.15) is 38.7 Å². The average Bonchev–Trinajstić information content (AvgIpc) is 3.00. The van der Waals surface area contributed by atoms with E-state index < -0.39 is 8.32 Å². The van der Waals surface area contributed by atoms with Gasteiger partial charge in [0.2, 0.25) is 8.32 Å². The lowest BCUT2D eigenvalue weighted by atomic mass is 9.67. The molecule has 0 bridgehead atoms. The fourth-order valence-corrected chi connectivity index (χ4v) is 5.61. The summed E-state index contributed by atoms with van der Waals surface area (Å²) in [6.07, 6.45) is 7.67. The van der Waals surface area contributed by atoms with Crippen molar-refractivity contribution >= 4 is 30.8 Å². The lowest BCUT2D eigenvalue weighted by Crippen LogP contribution is -2.43. The molecule has 158 valence electrons. The molecule has 0 unspecified atom stereocenters. The summed E-state index contributed by atoms with van der Waals surface area (Å²) < 4.78 is 8.75. The third-order valence-electron chi connectivity index (χ3n) is 7.19. The summed E-state index contributed by atoms with van der Waals surface area (Å²) in [4.78, 5) is 25.8. The van der Waals surface area contributed by atoms with Gasteiger partial charge >= 0.3 is 0 Å². The Kier molecular flexibility index (Phi) is 4.92. The zero-order valence-corrected chi connectivity index (χ0v) is 19.7. The number of para-hydroxylation sites is 1. The van der Waals surface area contributed by atoms with Gasteiger partial charge in [0.1, 0.15) is 0 Å². The van der Waals surface area contributed by atoms with Gasteiger partial charge in [0.05, 0.1) is 5.76 Å². The molecule has 2 aliphatic rings. The minimum atomic E-state index is -2.05. The molecule has 0 saturated carbocycles. The lowest BCUT2D eigenvalue weighted by Gasteiger charge is -2.41. The summed E-state index contributed by atoms with van der Waals surface area (Å²) in [7, 11) is -0.0302. The van der Waals surface area contributed by atoms with Crippen LogP contribution in [0.2, 0.25) is 18.1 Å². The second-order valence-electron chi connectivity index (χ2n) is 10.2. The van der Waals surface area contributed by atoms with Crippen LogP contribution in [0.5, 0.6) is 0 Å². The molecule has 0 aliphatic heterocycles. The van der Waals surface area contributed by atoms with E-state index in [-0.39, 0.29) is 34.4 Å². The van der Waals surface area contributed by atoms with E-state index >= 15 is 0 Å². The summed E-state index contributed by atoms with van der Waals surface area (Å²) in [5.41, 5.74) is 2.22. The number of rotatable bonds is 3. The number of hydrogen-bond acceptors (Lipinski definition) is 3. The van der Waals surface area contributed by atoms with E-state index in [4.69, 9.17) is 4.43 Å². The fourth-order valence-electron chi connectivity index (χ4n) is 4.50. The molecule has 0 spiro atoms. The van der Waals surface area contributed by atoms with Gasteiger partial charge < -0.3 is 8.99 Å². The quantitative estimate of drug-likeness (QED) is 0.614. The van der Waals surface area contributed by atoms with Gasteiger partial charge in [-0.05, 0) is 48.0 Å². The Morgan fingerprint density at radius 1 is 1.07 bits per heavy atom. The van der Waals surface area contributed by atoms with Gasteiger partial charge in [-0.15, -0.1) is 0 Å². The summed E-state index contributed by atoms with van der Waals surface area (Å²) in [6.45, 7) is 11.1. The molecule has 0 N–H and O–H groups in total. The highest BCUT2D eigenvalue weighted by Gasteiger charge is 2.46. The van der Waals surface area contributed by atoms with Gasteiger partial charge in [-0.25, -0.2) is 0 Å². The van der Waals surface area contributed by atoms with Crippen LogP contribution < -0.4 is 0 Å². The Hall–Kier alpha value is -2.40. The molecule has 0 fully saturated rings. The smallest absolute Gasteiger partial charge is 0.250 e. The van der Waals surface area contributed by atoms with Crippen molar-refractivity contribution in [3.8, 4) is 0 Å². The molecule has 2 aliphatic carbocycles. The fraction of sp³-hybridized carbons (Fsp3) is 0.440. The van der Waals surface area contributed by atoms with E-state index in [0.717, 1.165) is 22.2 Å². The second-order valence-corrected chi connectivity index (χ2v) is 14.9. The van der Waals surface area contributed by atoms with Crippen LogP contribution >= 0.6 is 0 Å². The van der Waals surface area contributed by atoms with Crippen molar-refractivity contribution in [3.63, 3.8) is 0 Å². The number of allylic oxidation sites excluding steroid dienone is 4. The number of hydrogen-bond donors (Lipinski definition) is 0. The third-order valence-corrected chi connectivity index (χ3v) is 11.6. The van der Waals surface area contributed by atoms with E-state index in [0.29, 0.717) is 6.42 Å². The van der Waals surface area contributed by atoms with E-state index in [1.165, 1.54) is 12.2 Å². The number of fused-ring (bicyclic) bond motifs is 2. The summed E-state index contributed by atoms with van der Waals surface area (Å²) in [5, 5.41) is 1.19. The monoisotopic (exact) mass is 421 g/mol. The molecule has 3 atom stereocenters. The standard InChI is InChI=1S/C25H31NO3Si/c1-25(2,3)30(5,6)29-16-13-18(24-19(14-16)22(27)11-12-23(24)28)20-15-26(4)21-10-8-7-9-17(20)21/h7-13,15,18-19,24H,14H2,1-6H3/t18-,19+,24+/m1/s1. The first-order chi connectivity index (χ1) is 14.0. The molecule has 1 aromatic heterocycles. The number of carbonyl (C=O) groups excluding carboxylic acids is 2. The molecular formula is C25H31NO3Si. The van der Waals surface area contributed by atoms with Crippen molar-refractivity contribution in [2.45, 2.75) is 51.2 Å². The predicted octanol–water partition coefficient (Wildman–Crippen LogP) is 5.51. The number of aromatic nitrogens is 1. The predicted molar refractivity (Wildman–Crippen MR) is 123 cm³/mol. The van der Waals surface area contributed by atoms with Crippen LogP contribution in [0, 0.1) is 11.8 Å². The van der Waals surface area contributed by atoms with Crippen molar-refractivity contribution < 1.29 is 14.0 Å². The number of ketones is 2. The lowest BCUT2D eigenvalue weighted by molar-refractivity contribution is -0.130. The Labute approximate surface area is 179 Å². The molecule has 2 aromatic rings. The maximum absolute atomic E-state index is 12.9. The van der Waals surface area contributed by atoms with Crippen LogP contribution in [-0.2, 0) is 21.1 Å². The zero-order chi connectivity index (χ0) is 21.8. The Balaban J connectivity index is 1.85. The summed E-state index contributed by atoms with van der Waals surface area (Å²) in [6, 6.07) is 8.23. The van der Waals surface area contributed by atoms with Crippen molar-refractivity contribution in [1.29, 1.82) is 0 Å². The maximum Gasteiger partial charge on any atom is 0.250 e. The van der Waals surface area contributed by atoms with E-state index in [1.54, 1.807) is 0 Å². The Morgan fingerprint density at radius 3 is 2.43 bits per heavy atom. The van der Waals surface area contributed by atoms with Gasteiger partial charge in [0.25, 0.3) is 0 Å². The number of carbonyl (C=O) groups is 2. The van der Waals surface area contributed by atoms with E-state index in [9.17, 15) is 9.59 Å². The number of benzene rings is 1.